The average Bonchev–Trinajstić information content (AvgIpc) is 1.21. The molecule has 0 aliphatic rings. The molecule has 8 heavy (non-hydrogen) atoms. The Kier molecular flexibility index (Phi) is 2.59. The predicted molar refractivity (Wildman–Crippen MR) is 26.5 cm³/mol. The van der Waals surface area contributed by atoms with Gasteiger partial charge in [-0.05, 0) is 0 Å². The first-order valence-electron chi connectivity index (χ1n) is 1.86. The lowest BCUT2D eigenvalue weighted by Gasteiger charge is -2.07. The Bertz CT molecular complexity index is 107. The number of nitrogens with zero attached hydrogens (tertiary/aromatic N) is 1. The van der Waals surface area contributed by atoms with Gasteiger partial charge in [-0.25, -0.2) is 0 Å². The van der Waals surface area contributed by atoms with Gasteiger partial charge < -0.3 is 15.0 Å². The first kappa shape index (κ1) is 8.07. The topological polar surface area (TPSA) is 81.0 Å². The van der Waals surface area contributed by atoms with Gasteiger partial charge in [-0.2, -0.15) is 5.06 Å². The molecule has 0 saturated heterocycles. The van der Waals surface area contributed by atoms with Gasteiger partial charge in [0.25, 0.3) is 0 Å². The van der Waals surface area contributed by atoms with Crippen molar-refractivity contribution in [2.24, 2.45) is 0 Å². The van der Waals surface area contributed by atoms with Crippen molar-refractivity contribution in [1.29, 1.82) is 0 Å². The minimum Gasteiger partial charge on any atom is -0.323 e. The van der Waals surface area contributed by atoms with E-state index >= 15 is 0 Å². The maximum absolute atomic E-state index is 9.93. The van der Waals surface area contributed by atoms with Crippen molar-refractivity contribution in [3.05, 3.63) is 0 Å². The van der Waals surface area contributed by atoms with E-state index in [4.69, 9.17) is 15.0 Å². The van der Waals surface area contributed by atoms with Crippen molar-refractivity contribution in [3.8, 4) is 0 Å². The van der Waals surface area contributed by atoms with Crippen LogP contribution in [-0.2, 0) is 4.57 Å². The van der Waals surface area contributed by atoms with Crippen LogP contribution in [-0.4, -0.2) is 33.4 Å². The third-order valence-corrected chi connectivity index (χ3v) is 1.17. The van der Waals surface area contributed by atoms with Gasteiger partial charge in [0, 0.05) is 7.05 Å². The average molecular weight is 141 g/mol. The molecular weight excluding hydrogens is 133 g/mol. The quantitative estimate of drug-likeness (QED) is 0.355. The molecule has 0 heterocycles. The van der Waals surface area contributed by atoms with Crippen LogP contribution in [0.5, 0.6) is 0 Å². The summed E-state index contributed by atoms with van der Waals surface area (Å²) in [5, 5.41) is 8.67. The maximum atomic E-state index is 9.93. The van der Waals surface area contributed by atoms with E-state index in [1.54, 1.807) is 0 Å². The molecule has 0 spiro atoms. The van der Waals surface area contributed by atoms with Crippen molar-refractivity contribution in [1.82, 2.24) is 5.06 Å². The monoisotopic (exact) mass is 141 g/mol. The van der Waals surface area contributed by atoms with E-state index in [0.29, 0.717) is 5.06 Å². The summed E-state index contributed by atoms with van der Waals surface area (Å²) in [7, 11) is -2.88. The SMILES string of the molecule is CN(O)CP(=O)(O)O. The summed E-state index contributed by atoms with van der Waals surface area (Å²) >= 11 is 0. The lowest BCUT2D eigenvalue weighted by Crippen LogP contribution is -2.13. The first-order valence-corrected chi connectivity index (χ1v) is 3.66. The highest BCUT2D eigenvalue weighted by Gasteiger charge is 2.13. The molecule has 0 atom stereocenters. The molecule has 0 bridgehead atoms. The minimum atomic E-state index is -4.05. The highest BCUT2D eigenvalue weighted by atomic mass is 31.2. The summed E-state index contributed by atoms with van der Waals surface area (Å²) in [6.45, 7) is 0. The van der Waals surface area contributed by atoms with Gasteiger partial charge in [0.1, 0.15) is 6.29 Å². The van der Waals surface area contributed by atoms with E-state index in [2.05, 4.69) is 0 Å². The van der Waals surface area contributed by atoms with Gasteiger partial charge in [0.05, 0.1) is 0 Å². The molecule has 0 amide bonds. The van der Waals surface area contributed by atoms with Crippen molar-refractivity contribution in [2.75, 3.05) is 13.3 Å². The Morgan fingerprint density at radius 2 is 2.00 bits per heavy atom. The van der Waals surface area contributed by atoms with E-state index in [-0.39, 0.29) is 0 Å². The van der Waals surface area contributed by atoms with Crippen molar-refractivity contribution < 1.29 is 19.6 Å². The summed E-state index contributed by atoms with van der Waals surface area (Å²) < 4.78 is 9.93. The van der Waals surface area contributed by atoms with Gasteiger partial charge in [0.15, 0.2) is 0 Å². The summed E-state index contributed by atoms with van der Waals surface area (Å²) in [6.07, 6.45) is -0.618. The van der Waals surface area contributed by atoms with Crippen LogP contribution >= 0.6 is 7.60 Å². The standard InChI is InChI=1S/C2H8NO4P/c1-3(4)2-8(5,6)7/h4H,2H2,1H3,(H2,5,6,7). The Hall–Kier alpha value is 0.0700. The lowest BCUT2D eigenvalue weighted by atomic mass is 11.2. The molecule has 0 fully saturated rings. The summed E-state index contributed by atoms with van der Waals surface area (Å²) in [4.78, 5) is 16.2. The van der Waals surface area contributed by atoms with Crippen LogP contribution in [0.25, 0.3) is 0 Å². The molecule has 0 saturated carbocycles. The number of hydroxylamine groups is 2. The molecule has 6 heteroatoms. The van der Waals surface area contributed by atoms with Crippen molar-refractivity contribution in [2.45, 2.75) is 0 Å². The molecule has 0 aromatic heterocycles. The van der Waals surface area contributed by atoms with Gasteiger partial charge in [0.2, 0.25) is 0 Å². The fourth-order valence-electron chi connectivity index (χ4n) is 0.267. The highest BCUT2D eigenvalue weighted by molar-refractivity contribution is 7.51. The van der Waals surface area contributed by atoms with Crippen LogP contribution in [0.4, 0.5) is 0 Å². The van der Waals surface area contributed by atoms with Gasteiger partial charge >= 0.3 is 7.60 Å². The predicted octanol–water partition coefficient (Wildman–Crippen LogP) is -0.557. The molecule has 0 aliphatic carbocycles. The number of hydrogen-bond donors (Lipinski definition) is 3. The normalized spacial score (nSPS) is 12.6. The highest BCUT2D eigenvalue weighted by Crippen LogP contribution is 2.33. The Balaban J connectivity index is 3.56. The van der Waals surface area contributed by atoms with Crippen molar-refractivity contribution >= 4 is 7.60 Å². The lowest BCUT2D eigenvalue weighted by molar-refractivity contribution is -0.0505. The van der Waals surface area contributed by atoms with E-state index in [0.717, 1.165) is 0 Å². The zero-order valence-corrected chi connectivity index (χ0v) is 5.25. The van der Waals surface area contributed by atoms with E-state index in [9.17, 15) is 4.57 Å². The van der Waals surface area contributed by atoms with Crippen LogP contribution in [0.3, 0.4) is 0 Å². The fraction of sp³-hybridized carbons (Fsp3) is 1.00. The van der Waals surface area contributed by atoms with Crippen LogP contribution in [0.2, 0.25) is 0 Å². The molecule has 0 aromatic carbocycles. The molecule has 0 radical (unpaired) electrons. The van der Waals surface area contributed by atoms with Crippen LogP contribution in [0, 0.1) is 0 Å². The second-order valence-corrected chi connectivity index (χ2v) is 3.08. The molecule has 3 N–H and O–H groups in total. The zero-order chi connectivity index (χ0) is 6.78. The van der Waals surface area contributed by atoms with Gasteiger partial charge in [-0.15, -0.1) is 0 Å². The van der Waals surface area contributed by atoms with Crippen LogP contribution < -0.4 is 0 Å². The minimum absolute atomic E-state index is 0.445. The maximum Gasteiger partial charge on any atom is 0.341 e. The first-order chi connectivity index (χ1) is 3.42. The summed E-state index contributed by atoms with van der Waals surface area (Å²) in [5.41, 5.74) is 0. The fourth-order valence-corrected chi connectivity index (χ4v) is 0.800. The largest absolute Gasteiger partial charge is 0.341 e. The Labute approximate surface area is 46.7 Å². The van der Waals surface area contributed by atoms with Gasteiger partial charge in [-0.3, -0.25) is 4.57 Å². The Morgan fingerprint density at radius 1 is 1.62 bits per heavy atom. The summed E-state index contributed by atoms with van der Waals surface area (Å²) in [6, 6.07) is 0. The number of rotatable bonds is 2. The van der Waals surface area contributed by atoms with Crippen molar-refractivity contribution in [3.63, 3.8) is 0 Å². The summed E-state index contributed by atoms with van der Waals surface area (Å²) in [5.74, 6) is 0. The smallest absolute Gasteiger partial charge is 0.323 e. The van der Waals surface area contributed by atoms with Crippen LogP contribution in [0.1, 0.15) is 0 Å². The molecule has 50 valence electrons. The molecular formula is C2H8NO4P. The van der Waals surface area contributed by atoms with E-state index < -0.39 is 13.9 Å². The van der Waals surface area contributed by atoms with E-state index in [1.807, 2.05) is 0 Å². The third kappa shape index (κ3) is 6.07. The van der Waals surface area contributed by atoms with E-state index in [1.165, 1.54) is 7.05 Å². The molecule has 0 aromatic rings. The van der Waals surface area contributed by atoms with Crippen LogP contribution in [0.15, 0.2) is 0 Å². The number of hydrogen-bond acceptors (Lipinski definition) is 3. The van der Waals surface area contributed by atoms with Gasteiger partial charge in [-0.1, -0.05) is 0 Å². The molecule has 5 nitrogen and oxygen atoms in total. The zero-order valence-electron chi connectivity index (χ0n) is 4.35. The molecule has 0 aliphatic heterocycles. The molecule has 0 unspecified atom stereocenters. The second kappa shape index (κ2) is 2.57. The third-order valence-electron chi connectivity index (χ3n) is 0.389. The molecule has 0 rings (SSSR count). The Morgan fingerprint density at radius 3 is 2.00 bits per heavy atom. The second-order valence-electron chi connectivity index (χ2n) is 1.46.